The molecule has 0 radical (unpaired) electrons. The van der Waals surface area contributed by atoms with Crippen LogP contribution < -0.4 is 5.32 Å². The van der Waals surface area contributed by atoms with Crippen molar-refractivity contribution in [3.05, 3.63) is 22.4 Å². The molecule has 0 aliphatic carbocycles. The Balaban J connectivity index is 2.29. The maximum atomic E-state index is 12.0. The van der Waals surface area contributed by atoms with Crippen LogP contribution >= 0.6 is 11.3 Å². The fraction of sp³-hybridized carbons (Fsp3) is 0.562. The van der Waals surface area contributed by atoms with Crippen LogP contribution in [0.4, 0.5) is 0 Å². The van der Waals surface area contributed by atoms with Gasteiger partial charge in [-0.25, -0.2) is 0 Å². The van der Waals surface area contributed by atoms with Gasteiger partial charge in [-0.05, 0) is 39.1 Å². The van der Waals surface area contributed by atoms with E-state index >= 15 is 0 Å². The molecule has 7 heteroatoms. The van der Waals surface area contributed by atoms with Crippen LogP contribution in [0.3, 0.4) is 0 Å². The van der Waals surface area contributed by atoms with Gasteiger partial charge in [-0.15, -0.1) is 0 Å². The van der Waals surface area contributed by atoms with Crippen molar-refractivity contribution in [2.75, 3.05) is 13.2 Å². The van der Waals surface area contributed by atoms with Gasteiger partial charge >= 0.3 is 5.97 Å². The van der Waals surface area contributed by atoms with Gasteiger partial charge < -0.3 is 15.0 Å². The number of carbonyl (C=O) groups is 3. The number of nitrogens with zero attached hydrogens (tertiary/aromatic N) is 1. The minimum absolute atomic E-state index is 0.0342. The van der Waals surface area contributed by atoms with Crippen LogP contribution in [-0.2, 0) is 14.3 Å². The first-order valence-electron chi connectivity index (χ1n) is 7.60. The molecule has 1 rings (SSSR count). The number of carbonyl (C=O) groups excluding carboxylic acids is 3. The van der Waals surface area contributed by atoms with Gasteiger partial charge in [0.15, 0.2) is 6.61 Å². The molecule has 0 aliphatic heterocycles. The second-order valence-electron chi connectivity index (χ2n) is 5.67. The molecule has 0 bridgehead atoms. The highest BCUT2D eigenvalue weighted by Crippen LogP contribution is 2.06. The molecule has 128 valence electrons. The van der Waals surface area contributed by atoms with Gasteiger partial charge in [-0.1, -0.05) is 0 Å². The highest BCUT2D eigenvalue weighted by Gasteiger charge is 2.21. The van der Waals surface area contributed by atoms with E-state index in [0.29, 0.717) is 5.56 Å². The van der Waals surface area contributed by atoms with Crippen molar-refractivity contribution in [2.24, 2.45) is 0 Å². The van der Waals surface area contributed by atoms with E-state index in [-0.39, 0.29) is 43.5 Å². The fourth-order valence-electron chi connectivity index (χ4n) is 2.24. The van der Waals surface area contributed by atoms with Crippen LogP contribution in [0.2, 0.25) is 0 Å². The predicted octanol–water partition coefficient (Wildman–Crippen LogP) is 2.06. The van der Waals surface area contributed by atoms with E-state index in [1.54, 1.807) is 16.3 Å². The predicted molar refractivity (Wildman–Crippen MR) is 89.3 cm³/mol. The van der Waals surface area contributed by atoms with Crippen molar-refractivity contribution in [3.63, 3.8) is 0 Å². The third-order valence-corrected chi connectivity index (χ3v) is 3.84. The molecule has 2 amide bonds. The molecular formula is C16H24N2O4S. The van der Waals surface area contributed by atoms with Gasteiger partial charge in [0.2, 0.25) is 0 Å². The third-order valence-electron chi connectivity index (χ3n) is 3.16. The van der Waals surface area contributed by atoms with Crippen molar-refractivity contribution in [1.82, 2.24) is 10.2 Å². The van der Waals surface area contributed by atoms with Crippen molar-refractivity contribution in [3.8, 4) is 0 Å². The highest BCUT2D eigenvalue weighted by atomic mass is 32.1. The highest BCUT2D eigenvalue weighted by molar-refractivity contribution is 7.08. The lowest BCUT2D eigenvalue weighted by molar-refractivity contribution is -0.153. The number of hydrogen-bond donors (Lipinski definition) is 1. The standard InChI is InChI=1S/C16H24N2O4S/c1-11(2)18(12(3)4)14(19)9-22-15(20)5-7-17-16(21)13-6-8-23-10-13/h6,8,10-12H,5,7,9H2,1-4H3,(H,17,21). The Hall–Kier alpha value is -1.89. The number of thiophene rings is 1. The van der Waals surface area contributed by atoms with E-state index in [2.05, 4.69) is 5.32 Å². The molecule has 0 fully saturated rings. The zero-order valence-electron chi connectivity index (χ0n) is 14.0. The summed E-state index contributed by atoms with van der Waals surface area (Å²) in [5, 5.41) is 6.18. The average molecular weight is 340 g/mol. The Morgan fingerprint density at radius 3 is 2.39 bits per heavy atom. The molecule has 6 nitrogen and oxygen atoms in total. The summed E-state index contributed by atoms with van der Waals surface area (Å²) < 4.78 is 4.98. The van der Waals surface area contributed by atoms with Crippen LogP contribution in [0.15, 0.2) is 16.8 Å². The van der Waals surface area contributed by atoms with Crippen LogP contribution in [0.5, 0.6) is 0 Å². The van der Waals surface area contributed by atoms with Gasteiger partial charge in [0, 0.05) is 29.6 Å². The summed E-state index contributed by atoms with van der Waals surface area (Å²) in [6, 6.07) is 1.81. The number of nitrogens with one attached hydrogen (secondary N) is 1. The minimum atomic E-state index is -0.503. The van der Waals surface area contributed by atoms with Gasteiger partial charge in [0.1, 0.15) is 0 Å². The lowest BCUT2D eigenvalue weighted by atomic mass is 10.2. The molecule has 0 saturated heterocycles. The first kappa shape index (κ1) is 19.2. The molecule has 1 heterocycles. The molecule has 0 unspecified atom stereocenters. The minimum Gasteiger partial charge on any atom is -0.456 e. The first-order chi connectivity index (χ1) is 10.8. The summed E-state index contributed by atoms with van der Waals surface area (Å²) in [4.78, 5) is 37.0. The van der Waals surface area contributed by atoms with E-state index < -0.39 is 5.97 Å². The van der Waals surface area contributed by atoms with E-state index in [0.717, 1.165) is 0 Å². The molecule has 0 atom stereocenters. The van der Waals surface area contributed by atoms with E-state index in [9.17, 15) is 14.4 Å². The Kier molecular flexibility index (Phi) is 7.74. The number of esters is 1. The number of ether oxygens (including phenoxy) is 1. The van der Waals surface area contributed by atoms with Gasteiger partial charge in [0.25, 0.3) is 11.8 Å². The zero-order chi connectivity index (χ0) is 17.4. The SMILES string of the molecule is CC(C)N(C(=O)COC(=O)CCNC(=O)c1ccsc1)C(C)C. The second kappa shape index (κ2) is 9.29. The maximum Gasteiger partial charge on any atom is 0.308 e. The summed E-state index contributed by atoms with van der Waals surface area (Å²) in [7, 11) is 0. The van der Waals surface area contributed by atoms with Crippen LogP contribution in [0.1, 0.15) is 44.5 Å². The van der Waals surface area contributed by atoms with E-state index in [4.69, 9.17) is 4.74 Å². The molecule has 1 aromatic heterocycles. The molecule has 0 saturated carbocycles. The monoisotopic (exact) mass is 340 g/mol. The normalized spacial score (nSPS) is 10.7. The van der Waals surface area contributed by atoms with Crippen LogP contribution in [0, 0.1) is 0 Å². The second-order valence-corrected chi connectivity index (χ2v) is 6.45. The molecule has 0 aromatic carbocycles. The Morgan fingerprint density at radius 1 is 1.22 bits per heavy atom. The molecule has 0 aliphatic rings. The molecule has 0 spiro atoms. The molecule has 1 aromatic rings. The number of rotatable bonds is 8. The van der Waals surface area contributed by atoms with Gasteiger partial charge in [-0.2, -0.15) is 11.3 Å². The lowest BCUT2D eigenvalue weighted by Crippen LogP contribution is -2.44. The van der Waals surface area contributed by atoms with Crippen LogP contribution in [-0.4, -0.2) is 47.9 Å². The van der Waals surface area contributed by atoms with Crippen molar-refractivity contribution >= 4 is 29.1 Å². The topological polar surface area (TPSA) is 75.7 Å². The molecule has 1 N–H and O–H groups in total. The van der Waals surface area contributed by atoms with Crippen LogP contribution in [0.25, 0.3) is 0 Å². The van der Waals surface area contributed by atoms with Gasteiger partial charge in [-0.3, -0.25) is 14.4 Å². The van der Waals surface area contributed by atoms with Gasteiger partial charge in [0.05, 0.1) is 6.42 Å². The Labute approximate surface area is 140 Å². The molecular weight excluding hydrogens is 316 g/mol. The Morgan fingerprint density at radius 2 is 1.87 bits per heavy atom. The summed E-state index contributed by atoms with van der Waals surface area (Å²) in [5.74, 6) is -0.942. The van der Waals surface area contributed by atoms with Crippen molar-refractivity contribution in [2.45, 2.75) is 46.2 Å². The van der Waals surface area contributed by atoms with Crippen molar-refractivity contribution in [1.29, 1.82) is 0 Å². The first-order valence-corrected chi connectivity index (χ1v) is 8.54. The summed E-state index contributed by atoms with van der Waals surface area (Å²) in [6.07, 6.45) is 0.0342. The smallest absolute Gasteiger partial charge is 0.308 e. The zero-order valence-corrected chi connectivity index (χ0v) is 14.8. The lowest BCUT2D eigenvalue weighted by Gasteiger charge is -2.30. The fourth-order valence-corrected chi connectivity index (χ4v) is 2.87. The summed E-state index contributed by atoms with van der Waals surface area (Å²) >= 11 is 1.43. The maximum absolute atomic E-state index is 12.0. The average Bonchev–Trinajstić information content (AvgIpc) is 2.98. The quantitative estimate of drug-likeness (QED) is 0.735. The third kappa shape index (κ3) is 6.40. The summed E-state index contributed by atoms with van der Waals surface area (Å²) in [6.45, 7) is 7.58. The van der Waals surface area contributed by atoms with E-state index in [1.807, 2.05) is 33.1 Å². The largest absolute Gasteiger partial charge is 0.456 e. The summed E-state index contributed by atoms with van der Waals surface area (Å²) in [5.41, 5.74) is 0.572. The van der Waals surface area contributed by atoms with E-state index in [1.165, 1.54) is 11.3 Å². The van der Waals surface area contributed by atoms with Crippen molar-refractivity contribution < 1.29 is 19.1 Å². The Bertz CT molecular complexity index is 518. The number of amides is 2. The molecule has 23 heavy (non-hydrogen) atoms. The number of hydrogen-bond acceptors (Lipinski definition) is 5.